The molecule has 1 aliphatic heterocycles. The molecule has 0 bridgehead atoms. The summed E-state index contributed by atoms with van der Waals surface area (Å²) in [6.45, 7) is 1.24. The molecule has 1 fully saturated rings. The molecule has 0 radical (unpaired) electrons. The molecule has 7 nitrogen and oxygen atoms in total. The molecule has 4 rings (SSSR count). The quantitative estimate of drug-likeness (QED) is 0.612. The van der Waals surface area contributed by atoms with E-state index in [9.17, 15) is 4.79 Å². The fraction of sp³-hybridized carbons (Fsp3) is 0.304. The van der Waals surface area contributed by atoms with Gasteiger partial charge in [-0.25, -0.2) is 0 Å². The lowest BCUT2D eigenvalue weighted by Crippen LogP contribution is -2.41. The number of hydrogen-bond acceptors (Lipinski definition) is 5. The molecule has 0 atom stereocenters. The number of H-pyrrole nitrogens is 1. The number of likely N-dealkylation sites (tertiary alicyclic amines) is 1. The van der Waals surface area contributed by atoms with Crippen LogP contribution in [0.1, 0.15) is 23.3 Å². The van der Waals surface area contributed by atoms with Gasteiger partial charge in [0.2, 0.25) is 0 Å². The molecule has 2 heterocycles. The summed E-state index contributed by atoms with van der Waals surface area (Å²) in [5.74, 6) is 2.04. The Balaban J connectivity index is 1.39. The van der Waals surface area contributed by atoms with Gasteiger partial charge in [0.05, 0.1) is 19.9 Å². The van der Waals surface area contributed by atoms with Crippen LogP contribution >= 0.6 is 11.6 Å². The van der Waals surface area contributed by atoms with Gasteiger partial charge in [-0.1, -0.05) is 11.6 Å². The van der Waals surface area contributed by atoms with E-state index >= 15 is 0 Å². The van der Waals surface area contributed by atoms with Gasteiger partial charge in [-0.15, -0.1) is 0 Å². The van der Waals surface area contributed by atoms with Gasteiger partial charge < -0.3 is 19.1 Å². The van der Waals surface area contributed by atoms with Crippen molar-refractivity contribution in [2.24, 2.45) is 0 Å². The Kier molecular flexibility index (Phi) is 6.32. The van der Waals surface area contributed by atoms with Gasteiger partial charge in [0.25, 0.3) is 5.91 Å². The van der Waals surface area contributed by atoms with E-state index in [2.05, 4.69) is 10.2 Å². The predicted molar refractivity (Wildman–Crippen MR) is 118 cm³/mol. The summed E-state index contributed by atoms with van der Waals surface area (Å²) in [5, 5.41) is 7.86. The van der Waals surface area contributed by atoms with Crippen LogP contribution < -0.4 is 14.2 Å². The van der Waals surface area contributed by atoms with Gasteiger partial charge in [-0.2, -0.15) is 5.10 Å². The third-order valence-electron chi connectivity index (χ3n) is 5.34. The standard InChI is InChI=1S/C23H24ClN3O4/c1-29-18-7-8-19(22(13-18)30-2)20-14-21(26-25-20)23(28)27-11-9-17(10-12-27)31-16-5-3-15(24)4-6-16/h3-8,13-14,17H,9-12H2,1-2H3,(H,25,26). The largest absolute Gasteiger partial charge is 0.497 e. The van der Waals surface area contributed by atoms with Crippen LogP contribution in [0, 0.1) is 0 Å². The molecule has 2 aromatic carbocycles. The number of ether oxygens (including phenoxy) is 3. The van der Waals surface area contributed by atoms with Crippen LogP contribution in [0.2, 0.25) is 5.02 Å². The zero-order valence-electron chi connectivity index (χ0n) is 17.4. The Morgan fingerprint density at radius 3 is 2.42 bits per heavy atom. The normalized spacial score (nSPS) is 14.4. The zero-order chi connectivity index (χ0) is 21.8. The minimum absolute atomic E-state index is 0.0730. The van der Waals surface area contributed by atoms with E-state index in [4.69, 9.17) is 25.8 Å². The molecule has 31 heavy (non-hydrogen) atoms. The molecule has 1 amide bonds. The first-order valence-electron chi connectivity index (χ1n) is 10.1. The van der Waals surface area contributed by atoms with Crippen LogP contribution in [-0.4, -0.2) is 54.4 Å². The molecule has 3 aromatic rings. The van der Waals surface area contributed by atoms with Crippen molar-refractivity contribution in [1.29, 1.82) is 0 Å². The van der Waals surface area contributed by atoms with Crippen molar-refractivity contribution >= 4 is 17.5 Å². The number of nitrogens with one attached hydrogen (secondary N) is 1. The molecule has 1 aromatic heterocycles. The third kappa shape index (κ3) is 4.77. The molecule has 162 valence electrons. The Morgan fingerprint density at radius 1 is 1.03 bits per heavy atom. The van der Waals surface area contributed by atoms with Crippen LogP contribution in [0.3, 0.4) is 0 Å². The Labute approximate surface area is 185 Å². The smallest absolute Gasteiger partial charge is 0.271 e. The number of aromatic nitrogens is 2. The second-order valence-corrected chi connectivity index (χ2v) is 7.73. The highest BCUT2D eigenvalue weighted by Crippen LogP contribution is 2.32. The number of benzene rings is 2. The lowest BCUT2D eigenvalue weighted by molar-refractivity contribution is 0.0590. The molecule has 1 aliphatic rings. The summed E-state index contributed by atoms with van der Waals surface area (Å²) in [7, 11) is 3.19. The fourth-order valence-electron chi connectivity index (χ4n) is 3.63. The summed E-state index contributed by atoms with van der Waals surface area (Å²) in [5.41, 5.74) is 1.88. The number of halogens is 1. The maximum absolute atomic E-state index is 12.9. The lowest BCUT2D eigenvalue weighted by Gasteiger charge is -2.31. The molecule has 0 aliphatic carbocycles. The molecule has 1 saturated heterocycles. The molecule has 0 spiro atoms. The van der Waals surface area contributed by atoms with Gasteiger partial charge in [-0.05, 0) is 42.5 Å². The first-order chi connectivity index (χ1) is 15.1. The van der Waals surface area contributed by atoms with Crippen molar-refractivity contribution in [3.05, 3.63) is 59.2 Å². The second kappa shape index (κ2) is 9.31. The number of amides is 1. The van der Waals surface area contributed by atoms with Gasteiger partial charge in [-0.3, -0.25) is 9.89 Å². The maximum atomic E-state index is 12.9. The predicted octanol–water partition coefficient (Wildman–Crippen LogP) is 4.43. The van der Waals surface area contributed by atoms with Crippen molar-refractivity contribution in [1.82, 2.24) is 15.1 Å². The number of aromatic amines is 1. The number of hydrogen-bond donors (Lipinski definition) is 1. The van der Waals surface area contributed by atoms with E-state index in [-0.39, 0.29) is 12.0 Å². The van der Waals surface area contributed by atoms with Crippen molar-refractivity contribution in [3.63, 3.8) is 0 Å². The van der Waals surface area contributed by atoms with Crippen molar-refractivity contribution < 1.29 is 19.0 Å². The number of nitrogens with zero attached hydrogens (tertiary/aromatic N) is 2. The highest BCUT2D eigenvalue weighted by Gasteiger charge is 2.26. The monoisotopic (exact) mass is 441 g/mol. The molecule has 0 saturated carbocycles. The zero-order valence-corrected chi connectivity index (χ0v) is 18.2. The fourth-order valence-corrected chi connectivity index (χ4v) is 3.76. The number of carbonyl (C=O) groups excluding carboxylic acids is 1. The highest BCUT2D eigenvalue weighted by molar-refractivity contribution is 6.30. The molecule has 0 unspecified atom stereocenters. The van der Waals surface area contributed by atoms with Crippen LogP contribution in [-0.2, 0) is 0 Å². The van der Waals surface area contributed by atoms with E-state index in [1.807, 2.05) is 41.3 Å². The topological polar surface area (TPSA) is 76.7 Å². The summed E-state index contributed by atoms with van der Waals surface area (Å²) >= 11 is 5.92. The lowest BCUT2D eigenvalue weighted by atomic mass is 10.1. The van der Waals surface area contributed by atoms with E-state index in [0.717, 1.165) is 24.2 Å². The number of piperidine rings is 1. The minimum Gasteiger partial charge on any atom is -0.497 e. The third-order valence-corrected chi connectivity index (χ3v) is 5.59. The molecular formula is C23H24ClN3O4. The number of carbonyl (C=O) groups is 1. The molecule has 8 heteroatoms. The Morgan fingerprint density at radius 2 is 1.74 bits per heavy atom. The minimum atomic E-state index is -0.0730. The summed E-state index contributed by atoms with van der Waals surface area (Å²) in [6.07, 6.45) is 1.61. The van der Waals surface area contributed by atoms with Crippen molar-refractivity contribution in [2.75, 3.05) is 27.3 Å². The van der Waals surface area contributed by atoms with Crippen LogP contribution in [0.5, 0.6) is 17.2 Å². The number of methoxy groups -OCH3 is 2. The number of rotatable bonds is 6. The van der Waals surface area contributed by atoms with E-state index < -0.39 is 0 Å². The highest BCUT2D eigenvalue weighted by atomic mass is 35.5. The summed E-state index contributed by atoms with van der Waals surface area (Å²) < 4.78 is 16.7. The van der Waals surface area contributed by atoms with E-state index in [1.54, 1.807) is 26.4 Å². The van der Waals surface area contributed by atoms with Gasteiger partial charge in [0.15, 0.2) is 0 Å². The Bertz CT molecular complexity index is 1040. The summed E-state index contributed by atoms with van der Waals surface area (Å²) in [4.78, 5) is 14.8. The van der Waals surface area contributed by atoms with Crippen LogP contribution in [0.4, 0.5) is 0 Å². The first-order valence-corrected chi connectivity index (χ1v) is 10.4. The van der Waals surface area contributed by atoms with Gasteiger partial charge in [0.1, 0.15) is 29.0 Å². The average Bonchev–Trinajstić information content (AvgIpc) is 3.30. The maximum Gasteiger partial charge on any atom is 0.271 e. The first kappa shape index (κ1) is 21.1. The van der Waals surface area contributed by atoms with Crippen molar-refractivity contribution in [2.45, 2.75) is 18.9 Å². The SMILES string of the molecule is COc1ccc(-c2cc(C(=O)N3CCC(Oc4ccc(Cl)cc4)CC3)[nH]n2)c(OC)c1. The summed E-state index contributed by atoms with van der Waals surface area (Å²) in [6, 6.07) is 14.6. The Hall–Kier alpha value is -3.19. The van der Waals surface area contributed by atoms with E-state index in [1.165, 1.54) is 0 Å². The molecule has 1 N–H and O–H groups in total. The average molecular weight is 442 g/mol. The van der Waals surface area contributed by atoms with Gasteiger partial charge >= 0.3 is 0 Å². The van der Waals surface area contributed by atoms with Crippen molar-refractivity contribution in [3.8, 4) is 28.5 Å². The second-order valence-electron chi connectivity index (χ2n) is 7.30. The van der Waals surface area contributed by atoms with Crippen LogP contribution in [0.25, 0.3) is 11.3 Å². The van der Waals surface area contributed by atoms with Gasteiger partial charge in [0, 0.05) is 42.6 Å². The van der Waals surface area contributed by atoms with E-state index in [0.29, 0.717) is 41.0 Å². The van der Waals surface area contributed by atoms with Crippen LogP contribution in [0.15, 0.2) is 48.5 Å². The molecular weight excluding hydrogens is 418 g/mol.